The lowest BCUT2D eigenvalue weighted by atomic mass is 9.92. The number of thiophene rings is 1. The fourth-order valence-electron chi connectivity index (χ4n) is 9.82. The van der Waals surface area contributed by atoms with Crippen molar-refractivity contribution >= 4 is 70.6 Å². The zero-order chi connectivity index (χ0) is 46.0. The number of hydrogen-bond acceptors (Lipinski definition) is 2. The number of amidine groups is 2. The summed E-state index contributed by atoms with van der Waals surface area (Å²) in [4.78, 5) is 7.61. The Labute approximate surface area is 401 Å². The van der Waals surface area contributed by atoms with Gasteiger partial charge in [-0.15, -0.1) is 11.3 Å². The Kier molecular flexibility index (Phi) is 11.5. The van der Waals surface area contributed by atoms with Crippen molar-refractivity contribution in [1.82, 2.24) is 9.47 Å². The van der Waals surface area contributed by atoms with Crippen molar-refractivity contribution in [2.24, 2.45) is 4.99 Å². The quantitative estimate of drug-likeness (QED) is 0.0785. The third kappa shape index (κ3) is 7.83. The number of nitrogens with one attached hydrogen (secondary N) is 1. The molecule has 68 heavy (non-hydrogen) atoms. The highest BCUT2D eigenvalue weighted by Crippen LogP contribution is 2.47. The molecule has 0 aliphatic carbocycles. The molecule has 0 bridgehead atoms. The van der Waals surface area contributed by atoms with Crippen molar-refractivity contribution in [2.45, 2.75) is 12.5 Å². The van der Waals surface area contributed by atoms with E-state index in [4.69, 9.17) is 4.99 Å². The Bertz CT molecular complexity index is 3620. The molecule has 0 fully saturated rings. The van der Waals surface area contributed by atoms with Crippen LogP contribution in [0.25, 0.3) is 75.5 Å². The summed E-state index contributed by atoms with van der Waals surface area (Å²) in [7, 11) is 2.10. The number of nitrogens with zero attached hydrogens (tertiary/aromatic N) is 3. The smallest absolute Gasteiger partial charge is 0.154 e. The molecule has 1 unspecified atom stereocenters. The van der Waals surface area contributed by atoms with E-state index in [2.05, 4.69) is 229 Å². The van der Waals surface area contributed by atoms with Crippen LogP contribution in [0.4, 0.5) is 0 Å². The highest BCUT2D eigenvalue weighted by Gasteiger charge is 2.26. The zero-order valence-corrected chi connectivity index (χ0v) is 38.6. The van der Waals surface area contributed by atoms with Gasteiger partial charge in [0.2, 0.25) is 0 Å². The zero-order valence-electron chi connectivity index (χ0n) is 37.8. The van der Waals surface area contributed by atoms with Crippen molar-refractivity contribution < 1.29 is 0 Å². The number of aliphatic imine (C=N–C) groups is 1. The number of rotatable bonds is 11. The highest BCUT2D eigenvalue weighted by molar-refractivity contribution is 7.26. The molecule has 11 rings (SSSR count). The van der Waals surface area contributed by atoms with Gasteiger partial charge in [0.1, 0.15) is 5.84 Å². The van der Waals surface area contributed by atoms with Gasteiger partial charge in [-0.2, -0.15) is 0 Å². The normalized spacial score (nSPS) is 12.5. The first-order chi connectivity index (χ1) is 33.6. The van der Waals surface area contributed by atoms with Gasteiger partial charge in [-0.25, -0.2) is 4.99 Å². The van der Waals surface area contributed by atoms with Gasteiger partial charge < -0.3 is 9.47 Å². The van der Waals surface area contributed by atoms with Crippen LogP contribution in [0.5, 0.6) is 0 Å². The molecule has 4 nitrogen and oxygen atoms in total. The van der Waals surface area contributed by atoms with E-state index in [1.54, 1.807) is 0 Å². The van der Waals surface area contributed by atoms with E-state index in [1.165, 1.54) is 36.5 Å². The van der Waals surface area contributed by atoms with Gasteiger partial charge in [0.05, 0.1) is 22.8 Å². The monoisotopic (exact) mass is 892 g/mol. The fourth-order valence-corrected chi connectivity index (χ4v) is 10.9. The molecule has 11 aromatic rings. The number of fused-ring (bicyclic) bond motifs is 7. The summed E-state index contributed by atoms with van der Waals surface area (Å²) in [5.74, 6) is 0.877. The molecule has 0 aliphatic heterocycles. The molecular weight excluding hydrogens is 845 g/mol. The first kappa shape index (κ1) is 42.3. The SMILES string of the molecule is C=C/C(=C\CC(c1ccccc1)N(C)C(=NC(=N)c1cc(-c2ccccc2)c(-n2c3ccccc3c3ccc4sc5ccccc5c4c32)c(-c2ccccc2)c1)c1ccccc1)c1ccccc1. The second-order valence-corrected chi connectivity index (χ2v) is 18.2. The Balaban J connectivity index is 1.15. The van der Waals surface area contributed by atoms with E-state index in [0.717, 1.165) is 61.3 Å². The van der Waals surface area contributed by atoms with E-state index in [1.807, 2.05) is 41.7 Å². The number of para-hydroxylation sites is 1. The minimum atomic E-state index is -0.107. The molecule has 9 aromatic carbocycles. The van der Waals surface area contributed by atoms with Crippen molar-refractivity contribution in [1.29, 1.82) is 5.41 Å². The maximum atomic E-state index is 10.1. The minimum absolute atomic E-state index is 0.107. The van der Waals surface area contributed by atoms with Crippen LogP contribution >= 0.6 is 11.3 Å². The fraction of sp³-hybridized carbons (Fsp3) is 0.0476. The van der Waals surface area contributed by atoms with Gasteiger partial charge >= 0.3 is 0 Å². The molecule has 2 heterocycles. The standard InChI is InChI=1S/C63H48N4S/c1-3-43(44-23-9-4-10-24-44)37-39-55(47-29-15-7-16-30-47)66(2)63(48-31-17-8-18-32-48)65-62(64)49-41-53(45-25-11-5-12-26-45)60(54(42-49)46-27-13-6-14-28-46)67-56-35-21-19-33-50(56)51-38-40-58-59(61(51)67)52-34-20-22-36-57(52)68-58/h3-38,40-42,55,64H,1,39H2,2H3/b43-37+,64-62?,65-63?. The van der Waals surface area contributed by atoms with Gasteiger partial charge in [-0.3, -0.25) is 5.41 Å². The molecule has 0 amide bonds. The van der Waals surface area contributed by atoms with E-state index in [-0.39, 0.29) is 11.9 Å². The van der Waals surface area contributed by atoms with Crippen LogP contribution in [0.3, 0.4) is 0 Å². The summed E-state index contributed by atoms with van der Waals surface area (Å²) in [6, 6.07) is 79.0. The van der Waals surface area contributed by atoms with Crippen molar-refractivity contribution in [3.63, 3.8) is 0 Å². The third-order valence-electron chi connectivity index (χ3n) is 13.1. The molecule has 0 saturated carbocycles. The Hall–Kier alpha value is -8.38. The Morgan fingerprint density at radius 3 is 1.76 bits per heavy atom. The van der Waals surface area contributed by atoms with Crippen LogP contribution in [0.2, 0.25) is 0 Å². The summed E-state index contributed by atoms with van der Waals surface area (Å²) in [6.45, 7) is 4.19. The second-order valence-electron chi connectivity index (χ2n) is 17.1. The summed E-state index contributed by atoms with van der Waals surface area (Å²) >= 11 is 1.84. The second kappa shape index (κ2) is 18.5. The lowest BCUT2D eigenvalue weighted by Gasteiger charge is -2.31. The number of allylic oxidation sites excluding steroid dienone is 2. The average molecular weight is 893 g/mol. The first-order valence-electron chi connectivity index (χ1n) is 23.1. The third-order valence-corrected chi connectivity index (χ3v) is 14.2. The van der Waals surface area contributed by atoms with E-state index < -0.39 is 0 Å². The van der Waals surface area contributed by atoms with Crippen LogP contribution in [-0.4, -0.2) is 28.2 Å². The predicted molar refractivity (Wildman–Crippen MR) is 291 cm³/mol. The molecule has 0 aliphatic rings. The van der Waals surface area contributed by atoms with Crippen molar-refractivity contribution in [3.8, 4) is 27.9 Å². The van der Waals surface area contributed by atoms with Gasteiger partial charge in [-0.1, -0.05) is 213 Å². The average Bonchev–Trinajstić information content (AvgIpc) is 3.95. The molecular formula is C63H48N4S. The molecule has 326 valence electrons. The van der Waals surface area contributed by atoms with Gasteiger partial charge in [-0.05, 0) is 64.6 Å². The first-order valence-corrected chi connectivity index (χ1v) is 23.9. The van der Waals surface area contributed by atoms with E-state index in [0.29, 0.717) is 12.3 Å². The van der Waals surface area contributed by atoms with E-state index >= 15 is 0 Å². The topological polar surface area (TPSA) is 44.4 Å². The highest BCUT2D eigenvalue weighted by atomic mass is 32.1. The number of hydrogen-bond donors (Lipinski definition) is 1. The van der Waals surface area contributed by atoms with Crippen LogP contribution in [-0.2, 0) is 0 Å². The van der Waals surface area contributed by atoms with Crippen molar-refractivity contribution in [2.75, 3.05) is 7.05 Å². The van der Waals surface area contributed by atoms with Crippen LogP contribution in [0.15, 0.2) is 248 Å². The van der Waals surface area contributed by atoms with Crippen LogP contribution in [0.1, 0.15) is 34.7 Å². The maximum absolute atomic E-state index is 10.1. The minimum Gasteiger partial charge on any atom is -0.352 e. The Morgan fingerprint density at radius 2 is 1.13 bits per heavy atom. The number of aromatic nitrogens is 1. The summed E-state index contributed by atoms with van der Waals surface area (Å²) in [5.41, 5.74) is 12.5. The van der Waals surface area contributed by atoms with Gasteiger partial charge in [0, 0.05) is 60.2 Å². The molecule has 0 spiro atoms. The van der Waals surface area contributed by atoms with E-state index in [9.17, 15) is 5.41 Å². The summed E-state index contributed by atoms with van der Waals surface area (Å²) < 4.78 is 5.02. The van der Waals surface area contributed by atoms with Gasteiger partial charge in [0.15, 0.2) is 5.84 Å². The summed E-state index contributed by atoms with van der Waals surface area (Å²) in [5, 5.41) is 15.0. The molecule has 1 atom stereocenters. The van der Waals surface area contributed by atoms with Crippen LogP contribution < -0.4 is 0 Å². The lowest BCUT2D eigenvalue weighted by molar-refractivity contribution is 0.378. The van der Waals surface area contributed by atoms with Crippen LogP contribution in [0, 0.1) is 5.41 Å². The predicted octanol–water partition coefficient (Wildman–Crippen LogP) is 16.6. The molecule has 0 saturated heterocycles. The Morgan fingerprint density at radius 1 is 0.588 bits per heavy atom. The molecule has 2 aromatic heterocycles. The largest absolute Gasteiger partial charge is 0.352 e. The van der Waals surface area contributed by atoms with Crippen molar-refractivity contribution in [3.05, 3.63) is 265 Å². The molecule has 0 radical (unpaired) electrons. The molecule has 5 heteroatoms. The number of benzene rings is 9. The summed E-state index contributed by atoms with van der Waals surface area (Å²) in [6.07, 6.45) is 4.89. The van der Waals surface area contributed by atoms with Gasteiger partial charge in [0.25, 0.3) is 0 Å². The lowest BCUT2D eigenvalue weighted by Crippen LogP contribution is -2.32. The molecule has 1 N–H and O–H groups in total. The maximum Gasteiger partial charge on any atom is 0.154 e.